The summed E-state index contributed by atoms with van der Waals surface area (Å²) in [5.74, 6) is 0. The molecule has 0 saturated carbocycles. The van der Waals surface area contributed by atoms with E-state index in [0.717, 1.165) is 29.8 Å². The molecule has 1 N–H and O–H groups in total. The average Bonchev–Trinajstić information content (AvgIpc) is 2.37. The van der Waals surface area contributed by atoms with Gasteiger partial charge in [-0.15, -0.1) is 0 Å². The zero-order valence-corrected chi connectivity index (χ0v) is 13.7. The van der Waals surface area contributed by atoms with Crippen LogP contribution in [0.15, 0.2) is 30.3 Å². The Balaban J connectivity index is 2.44. The van der Waals surface area contributed by atoms with Crippen LogP contribution in [-0.4, -0.2) is 6.54 Å². The Morgan fingerprint density at radius 3 is 2.20 bits per heavy atom. The van der Waals surface area contributed by atoms with E-state index in [1.165, 1.54) is 5.56 Å². The monoisotopic (exact) mass is 327 g/mol. The van der Waals surface area contributed by atoms with Crippen LogP contribution in [0.4, 0.5) is 0 Å². The fourth-order valence-corrected chi connectivity index (χ4v) is 3.21. The quantitative estimate of drug-likeness (QED) is 0.755. The van der Waals surface area contributed by atoms with Crippen molar-refractivity contribution in [2.24, 2.45) is 0 Å². The van der Waals surface area contributed by atoms with Gasteiger partial charge in [-0.05, 0) is 42.3 Å². The fraction of sp³-hybridized carbons (Fsp3) is 0.250. The van der Waals surface area contributed by atoms with Gasteiger partial charge in [0, 0.05) is 17.1 Å². The van der Waals surface area contributed by atoms with Crippen molar-refractivity contribution in [1.29, 1.82) is 0 Å². The predicted molar refractivity (Wildman–Crippen MR) is 89.0 cm³/mol. The lowest BCUT2D eigenvalue weighted by molar-refractivity contribution is 0.726. The largest absolute Gasteiger partial charge is 0.313 e. The van der Waals surface area contributed by atoms with Crippen LogP contribution in [-0.2, 0) is 6.54 Å². The summed E-state index contributed by atoms with van der Waals surface area (Å²) in [6.45, 7) is 5.97. The van der Waals surface area contributed by atoms with E-state index in [1.807, 2.05) is 0 Å². The van der Waals surface area contributed by atoms with E-state index in [4.69, 9.17) is 34.8 Å². The Morgan fingerprint density at radius 2 is 1.65 bits per heavy atom. The Bertz CT molecular complexity index is 600. The van der Waals surface area contributed by atoms with E-state index in [1.54, 1.807) is 12.1 Å². The van der Waals surface area contributed by atoms with Gasteiger partial charge in [0.15, 0.2) is 0 Å². The van der Waals surface area contributed by atoms with Crippen molar-refractivity contribution < 1.29 is 0 Å². The molecule has 0 bridgehead atoms. The molecule has 0 amide bonds. The van der Waals surface area contributed by atoms with Crippen LogP contribution in [0.5, 0.6) is 0 Å². The molecule has 106 valence electrons. The summed E-state index contributed by atoms with van der Waals surface area (Å²) in [7, 11) is 0. The number of rotatable bonds is 4. The van der Waals surface area contributed by atoms with Gasteiger partial charge in [0.25, 0.3) is 0 Å². The standard InChI is InChI=1S/C16H16Cl3N/c1-3-20-9-11-4-5-13(10(2)6-11)16-14(18)7-12(17)8-15(16)19/h4-8,20H,3,9H2,1-2H3. The first-order valence-corrected chi connectivity index (χ1v) is 7.61. The molecule has 4 heteroatoms. The first-order chi connectivity index (χ1) is 9.52. The van der Waals surface area contributed by atoms with Gasteiger partial charge >= 0.3 is 0 Å². The van der Waals surface area contributed by atoms with E-state index in [-0.39, 0.29) is 0 Å². The van der Waals surface area contributed by atoms with E-state index >= 15 is 0 Å². The van der Waals surface area contributed by atoms with Gasteiger partial charge in [-0.25, -0.2) is 0 Å². The minimum absolute atomic E-state index is 0.546. The average molecular weight is 329 g/mol. The van der Waals surface area contributed by atoms with Gasteiger partial charge in [-0.2, -0.15) is 0 Å². The van der Waals surface area contributed by atoms with Crippen LogP contribution in [0.3, 0.4) is 0 Å². The highest BCUT2D eigenvalue weighted by Crippen LogP contribution is 2.38. The molecule has 20 heavy (non-hydrogen) atoms. The molecule has 2 rings (SSSR count). The van der Waals surface area contributed by atoms with Crippen molar-refractivity contribution >= 4 is 34.8 Å². The van der Waals surface area contributed by atoms with E-state index in [9.17, 15) is 0 Å². The fourth-order valence-electron chi connectivity index (χ4n) is 2.19. The molecule has 2 aromatic carbocycles. The lowest BCUT2D eigenvalue weighted by Crippen LogP contribution is -2.11. The molecule has 0 saturated heterocycles. The minimum Gasteiger partial charge on any atom is -0.313 e. The van der Waals surface area contributed by atoms with Crippen molar-refractivity contribution in [2.45, 2.75) is 20.4 Å². The molecule has 0 unspecified atom stereocenters. The molecule has 1 nitrogen and oxygen atoms in total. The zero-order chi connectivity index (χ0) is 14.7. The number of aryl methyl sites for hydroxylation is 1. The second-order valence-corrected chi connectivity index (χ2v) is 5.92. The molecule has 0 radical (unpaired) electrons. The Hall–Kier alpha value is -0.730. The summed E-state index contributed by atoms with van der Waals surface area (Å²) in [5.41, 5.74) is 4.27. The second kappa shape index (κ2) is 6.82. The van der Waals surface area contributed by atoms with Crippen LogP contribution in [0.25, 0.3) is 11.1 Å². The third-order valence-electron chi connectivity index (χ3n) is 3.15. The molecule has 0 fully saturated rings. The second-order valence-electron chi connectivity index (χ2n) is 4.67. The highest BCUT2D eigenvalue weighted by Gasteiger charge is 2.12. The summed E-state index contributed by atoms with van der Waals surface area (Å²) >= 11 is 18.5. The van der Waals surface area contributed by atoms with Gasteiger partial charge in [-0.1, -0.05) is 59.9 Å². The van der Waals surface area contributed by atoms with Crippen molar-refractivity contribution in [1.82, 2.24) is 5.32 Å². The van der Waals surface area contributed by atoms with Crippen LogP contribution < -0.4 is 5.32 Å². The molecule has 0 spiro atoms. The third kappa shape index (κ3) is 3.48. The lowest BCUT2D eigenvalue weighted by atomic mass is 9.98. The van der Waals surface area contributed by atoms with Crippen LogP contribution in [0.2, 0.25) is 15.1 Å². The summed E-state index contributed by atoms with van der Waals surface area (Å²) in [6.07, 6.45) is 0. The number of nitrogens with one attached hydrogen (secondary N) is 1. The van der Waals surface area contributed by atoms with Gasteiger partial charge < -0.3 is 5.32 Å². The number of halogens is 3. The maximum absolute atomic E-state index is 6.28. The van der Waals surface area contributed by atoms with Gasteiger partial charge in [0.2, 0.25) is 0 Å². The highest BCUT2D eigenvalue weighted by atomic mass is 35.5. The predicted octanol–water partition coefficient (Wildman–Crippen LogP) is 5.73. The SMILES string of the molecule is CCNCc1ccc(-c2c(Cl)cc(Cl)cc2Cl)c(C)c1. The molecule has 0 aromatic heterocycles. The molecule has 2 aromatic rings. The maximum atomic E-state index is 6.28. The van der Waals surface area contributed by atoms with E-state index < -0.39 is 0 Å². The van der Waals surface area contributed by atoms with Gasteiger partial charge in [-0.3, -0.25) is 0 Å². The van der Waals surface area contributed by atoms with Gasteiger partial charge in [0.1, 0.15) is 0 Å². The van der Waals surface area contributed by atoms with Crippen molar-refractivity contribution in [3.05, 3.63) is 56.5 Å². The normalized spacial score (nSPS) is 10.8. The first kappa shape index (κ1) is 15.7. The molecular weight excluding hydrogens is 313 g/mol. The van der Waals surface area contributed by atoms with Crippen LogP contribution in [0.1, 0.15) is 18.1 Å². The maximum Gasteiger partial charge on any atom is 0.0514 e. The summed E-state index contributed by atoms with van der Waals surface area (Å²) in [5, 5.41) is 5.01. The lowest BCUT2D eigenvalue weighted by Gasteiger charge is -2.13. The topological polar surface area (TPSA) is 12.0 Å². The van der Waals surface area contributed by atoms with E-state index in [0.29, 0.717) is 15.1 Å². The zero-order valence-electron chi connectivity index (χ0n) is 11.4. The number of hydrogen-bond donors (Lipinski definition) is 1. The Morgan fingerprint density at radius 1 is 1.00 bits per heavy atom. The van der Waals surface area contributed by atoms with Gasteiger partial charge in [0.05, 0.1) is 10.0 Å². The van der Waals surface area contributed by atoms with Crippen molar-refractivity contribution in [2.75, 3.05) is 6.54 Å². The smallest absolute Gasteiger partial charge is 0.0514 e. The van der Waals surface area contributed by atoms with Crippen molar-refractivity contribution in [3.63, 3.8) is 0 Å². The van der Waals surface area contributed by atoms with Crippen molar-refractivity contribution in [3.8, 4) is 11.1 Å². The molecule has 0 atom stereocenters. The molecular formula is C16H16Cl3N. The summed E-state index contributed by atoms with van der Waals surface area (Å²) in [6, 6.07) is 9.74. The molecule has 0 aliphatic carbocycles. The molecule has 0 aliphatic rings. The van der Waals surface area contributed by atoms with Crippen LogP contribution in [0, 0.1) is 6.92 Å². The number of hydrogen-bond acceptors (Lipinski definition) is 1. The van der Waals surface area contributed by atoms with E-state index in [2.05, 4.69) is 37.4 Å². The summed E-state index contributed by atoms with van der Waals surface area (Å²) < 4.78 is 0. The molecule has 0 aliphatic heterocycles. The Labute approximate surface area is 134 Å². The highest BCUT2D eigenvalue weighted by molar-refractivity contribution is 6.41. The first-order valence-electron chi connectivity index (χ1n) is 6.48. The van der Waals surface area contributed by atoms with Crippen LogP contribution >= 0.6 is 34.8 Å². The number of benzene rings is 2. The minimum atomic E-state index is 0.546. The third-order valence-corrected chi connectivity index (χ3v) is 3.96. The Kier molecular flexibility index (Phi) is 5.34. The summed E-state index contributed by atoms with van der Waals surface area (Å²) in [4.78, 5) is 0. The molecule has 0 heterocycles.